The second kappa shape index (κ2) is 10.6. The number of benzene rings is 1. The summed E-state index contributed by atoms with van der Waals surface area (Å²) in [5.41, 5.74) is 2.43. The molecular formula is C22H35NO4Si. The van der Waals surface area contributed by atoms with Crippen molar-refractivity contribution in [3.8, 4) is 0 Å². The van der Waals surface area contributed by atoms with Crippen LogP contribution in [0, 0.1) is 10.1 Å². The molecule has 156 valence electrons. The summed E-state index contributed by atoms with van der Waals surface area (Å²) in [7, 11) is -2.31. The van der Waals surface area contributed by atoms with Crippen molar-refractivity contribution in [3.05, 3.63) is 45.5 Å². The van der Waals surface area contributed by atoms with Crippen molar-refractivity contribution in [2.75, 3.05) is 0 Å². The molecule has 0 aliphatic heterocycles. The van der Waals surface area contributed by atoms with Crippen LogP contribution in [-0.2, 0) is 9.22 Å². The van der Waals surface area contributed by atoms with Crippen LogP contribution < -0.4 is 0 Å². The summed E-state index contributed by atoms with van der Waals surface area (Å²) < 4.78 is 6.34. The first-order valence-electron chi connectivity index (χ1n) is 10.2. The maximum absolute atomic E-state index is 13.2. The predicted octanol–water partition coefficient (Wildman–Crippen LogP) is 6.89. The molecule has 0 N–H and O–H groups in total. The Morgan fingerprint density at radius 2 is 1.57 bits per heavy atom. The van der Waals surface area contributed by atoms with Crippen molar-refractivity contribution in [1.29, 1.82) is 0 Å². The number of hydrogen-bond donors (Lipinski definition) is 0. The minimum absolute atomic E-state index is 0.0423. The molecule has 1 aromatic rings. The van der Waals surface area contributed by atoms with Gasteiger partial charge < -0.3 is 4.43 Å². The molecule has 1 rings (SSSR count). The number of carbonyl (C=O) groups is 1. The monoisotopic (exact) mass is 405 g/mol. The van der Waals surface area contributed by atoms with Gasteiger partial charge in [-0.05, 0) is 53.2 Å². The molecule has 0 atom stereocenters. The molecule has 0 aromatic heterocycles. The SMILES string of the molecule is CCCC/C(=C\c1ccc([N+](=O)[O-])cc1)C(=O)O[Si](C(C)C)(C(C)C)C(C)C. The van der Waals surface area contributed by atoms with E-state index >= 15 is 0 Å². The molecule has 0 unspecified atom stereocenters. The highest BCUT2D eigenvalue weighted by Crippen LogP contribution is 2.43. The van der Waals surface area contributed by atoms with Crippen LogP contribution in [0.15, 0.2) is 29.8 Å². The van der Waals surface area contributed by atoms with E-state index in [9.17, 15) is 14.9 Å². The topological polar surface area (TPSA) is 69.4 Å². The fourth-order valence-electron chi connectivity index (χ4n) is 4.07. The van der Waals surface area contributed by atoms with E-state index in [4.69, 9.17) is 4.43 Å². The van der Waals surface area contributed by atoms with Gasteiger partial charge in [0, 0.05) is 17.7 Å². The van der Waals surface area contributed by atoms with E-state index < -0.39 is 13.2 Å². The molecule has 6 heteroatoms. The van der Waals surface area contributed by atoms with Gasteiger partial charge in [0.05, 0.1) is 4.92 Å². The lowest BCUT2D eigenvalue weighted by atomic mass is 10.1. The molecule has 0 fully saturated rings. The minimum Gasteiger partial charge on any atom is -0.515 e. The number of nitro benzene ring substituents is 1. The number of unbranched alkanes of at least 4 members (excludes halogenated alkanes) is 1. The Balaban J connectivity index is 3.24. The van der Waals surface area contributed by atoms with Crippen molar-refractivity contribution in [2.45, 2.75) is 84.4 Å². The zero-order valence-electron chi connectivity index (χ0n) is 18.3. The van der Waals surface area contributed by atoms with E-state index in [-0.39, 0.29) is 11.7 Å². The average Bonchev–Trinajstić information content (AvgIpc) is 2.62. The number of nitrogens with zero attached hydrogens (tertiary/aromatic N) is 1. The average molecular weight is 406 g/mol. The largest absolute Gasteiger partial charge is 0.515 e. The van der Waals surface area contributed by atoms with E-state index in [1.165, 1.54) is 12.1 Å². The van der Waals surface area contributed by atoms with Crippen LogP contribution in [-0.4, -0.2) is 19.2 Å². The fourth-order valence-corrected chi connectivity index (χ4v) is 9.23. The highest BCUT2D eigenvalue weighted by molar-refractivity contribution is 6.79. The van der Waals surface area contributed by atoms with Gasteiger partial charge in [-0.2, -0.15) is 0 Å². The van der Waals surface area contributed by atoms with Gasteiger partial charge in [0.15, 0.2) is 0 Å². The quantitative estimate of drug-likeness (QED) is 0.184. The Kier molecular flexibility index (Phi) is 9.08. The van der Waals surface area contributed by atoms with Gasteiger partial charge in [0.2, 0.25) is 0 Å². The molecule has 0 spiro atoms. The first-order chi connectivity index (χ1) is 13.1. The van der Waals surface area contributed by atoms with Crippen LogP contribution in [0.3, 0.4) is 0 Å². The summed E-state index contributed by atoms with van der Waals surface area (Å²) >= 11 is 0. The Morgan fingerprint density at radius 3 is 1.96 bits per heavy atom. The van der Waals surface area contributed by atoms with Crippen molar-refractivity contribution in [2.24, 2.45) is 0 Å². The number of hydrogen-bond acceptors (Lipinski definition) is 4. The zero-order valence-corrected chi connectivity index (χ0v) is 19.3. The lowest BCUT2D eigenvalue weighted by molar-refractivity contribution is -0.384. The van der Waals surface area contributed by atoms with Gasteiger partial charge in [-0.3, -0.25) is 10.1 Å². The van der Waals surface area contributed by atoms with Gasteiger partial charge in [-0.1, -0.05) is 54.9 Å². The Labute approximate surface area is 170 Å². The third kappa shape index (κ3) is 5.77. The molecule has 0 heterocycles. The van der Waals surface area contributed by atoms with Gasteiger partial charge in [0.25, 0.3) is 14.0 Å². The third-order valence-electron chi connectivity index (χ3n) is 5.48. The van der Waals surface area contributed by atoms with E-state index in [1.807, 2.05) is 6.08 Å². The second-order valence-electron chi connectivity index (χ2n) is 8.33. The first-order valence-corrected chi connectivity index (χ1v) is 12.4. The lowest BCUT2D eigenvalue weighted by Gasteiger charge is -2.41. The standard InChI is InChI=1S/C22H35NO4Si/c1-8-9-10-20(15-19-11-13-21(14-12-19)23(25)26)22(24)27-28(16(2)3,17(4)5)18(6)7/h11-18H,8-10H2,1-7H3/b20-15+. The molecule has 5 nitrogen and oxygen atoms in total. The van der Waals surface area contributed by atoms with Crippen LogP contribution in [0.4, 0.5) is 5.69 Å². The van der Waals surface area contributed by atoms with Crippen molar-refractivity contribution >= 4 is 26.1 Å². The molecule has 0 saturated heterocycles. The van der Waals surface area contributed by atoms with E-state index in [2.05, 4.69) is 48.5 Å². The van der Waals surface area contributed by atoms with E-state index in [1.54, 1.807) is 12.1 Å². The summed E-state index contributed by atoms with van der Waals surface area (Å²) in [4.78, 5) is 23.6. The van der Waals surface area contributed by atoms with Crippen LogP contribution in [0.25, 0.3) is 6.08 Å². The first kappa shape index (κ1) is 24.1. The predicted molar refractivity (Wildman–Crippen MR) is 118 cm³/mol. The molecule has 0 aliphatic rings. The maximum atomic E-state index is 13.2. The Hall–Kier alpha value is -1.95. The lowest BCUT2D eigenvalue weighted by Crippen LogP contribution is -2.49. The molecule has 0 aliphatic carbocycles. The maximum Gasteiger partial charge on any atom is 0.320 e. The van der Waals surface area contributed by atoms with Crippen molar-refractivity contribution in [3.63, 3.8) is 0 Å². The number of carbonyl (C=O) groups excluding carboxylic acids is 1. The highest BCUT2D eigenvalue weighted by atomic mass is 28.4. The summed E-state index contributed by atoms with van der Waals surface area (Å²) in [5.74, 6) is -0.227. The molecule has 0 bridgehead atoms. The van der Waals surface area contributed by atoms with E-state index in [0.29, 0.717) is 28.6 Å². The van der Waals surface area contributed by atoms with Gasteiger partial charge in [-0.15, -0.1) is 0 Å². The fraction of sp³-hybridized carbons (Fsp3) is 0.591. The summed E-state index contributed by atoms with van der Waals surface area (Å²) in [6.45, 7) is 15.0. The smallest absolute Gasteiger partial charge is 0.320 e. The number of rotatable bonds is 10. The minimum atomic E-state index is -2.31. The third-order valence-corrected chi connectivity index (χ3v) is 11.4. The Bertz CT molecular complexity index is 671. The van der Waals surface area contributed by atoms with Crippen LogP contribution in [0.2, 0.25) is 16.6 Å². The van der Waals surface area contributed by atoms with Gasteiger partial charge in [-0.25, -0.2) is 4.79 Å². The molecular weight excluding hydrogens is 370 g/mol. The van der Waals surface area contributed by atoms with Crippen LogP contribution >= 0.6 is 0 Å². The van der Waals surface area contributed by atoms with Gasteiger partial charge >= 0.3 is 5.97 Å². The summed E-state index contributed by atoms with van der Waals surface area (Å²) in [6, 6.07) is 6.28. The summed E-state index contributed by atoms with van der Waals surface area (Å²) in [6.07, 6.45) is 4.34. The van der Waals surface area contributed by atoms with E-state index in [0.717, 1.165) is 18.4 Å². The van der Waals surface area contributed by atoms with Crippen molar-refractivity contribution < 1.29 is 14.1 Å². The summed E-state index contributed by atoms with van der Waals surface area (Å²) in [5, 5.41) is 10.9. The molecule has 1 aromatic carbocycles. The van der Waals surface area contributed by atoms with Crippen LogP contribution in [0.5, 0.6) is 0 Å². The van der Waals surface area contributed by atoms with Crippen LogP contribution in [0.1, 0.15) is 73.3 Å². The second-order valence-corrected chi connectivity index (χ2v) is 13.7. The highest BCUT2D eigenvalue weighted by Gasteiger charge is 2.48. The zero-order chi connectivity index (χ0) is 21.5. The Morgan fingerprint density at radius 1 is 1.07 bits per heavy atom. The molecule has 28 heavy (non-hydrogen) atoms. The number of nitro groups is 1. The molecule has 0 radical (unpaired) electrons. The molecule has 0 amide bonds. The van der Waals surface area contributed by atoms with Gasteiger partial charge in [0.1, 0.15) is 0 Å². The molecule has 0 saturated carbocycles. The normalized spacial score (nSPS) is 12.7. The number of non-ortho nitro benzene ring substituents is 1. The van der Waals surface area contributed by atoms with Crippen molar-refractivity contribution in [1.82, 2.24) is 0 Å².